The van der Waals surface area contributed by atoms with Crippen LogP contribution >= 0.6 is 0 Å². The standard InChI is InChI=1S/C40H40FN5O14/c1-3-40(56)20-9-25-30-18(12-46(25)35(51)19(20)14-57-38(40)54)29-22(6-5-17-15(2)21(41)10-24(44-30)28(17)29)45-39(55)58-13-16-4-7-26(23(8-16)43-27(47)11-42)59-37-33(50)31(48)32(49)34(60-37)36(52)53/h4,7-10,22,31-34,37,48-50,56H,3,5-6,11-14,42H2,1-2H3,(H,43,47)(H,45,55)(H,52,53)/t22-,31-,32-,33+,34-,37+,40-/m0/s1. The summed E-state index contributed by atoms with van der Waals surface area (Å²) in [5.41, 5.74) is 6.73. The van der Waals surface area contributed by atoms with Gasteiger partial charge in [-0.1, -0.05) is 13.0 Å². The van der Waals surface area contributed by atoms with Crippen LogP contribution < -0.4 is 26.7 Å². The number of cyclic esters (lactones) is 1. The van der Waals surface area contributed by atoms with Crippen LogP contribution in [0.15, 0.2) is 35.1 Å². The summed E-state index contributed by atoms with van der Waals surface area (Å²) in [6.45, 7) is 2.16. The van der Waals surface area contributed by atoms with Crippen molar-refractivity contribution in [1.82, 2.24) is 14.9 Å². The largest absolute Gasteiger partial charge is 0.479 e. The van der Waals surface area contributed by atoms with Crippen molar-refractivity contribution in [3.05, 3.63) is 85.4 Å². The van der Waals surface area contributed by atoms with Crippen LogP contribution in [0.5, 0.6) is 5.75 Å². The first-order valence-electron chi connectivity index (χ1n) is 19.0. The molecule has 4 aromatic rings. The maximum absolute atomic E-state index is 15.3. The number of fused-ring (bicyclic) bond motifs is 5. The van der Waals surface area contributed by atoms with E-state index in [-0.39, 0.29) is 54.3 Å². The van der Waals surface area contributed by atoms with Crippen molar-refractivity contribution in [2.24, 2.45) is 5.73 Å². The number of carboxylic acid groups (broad SMARTS) is 1. The average Bonchev–Trinajstić information content (AvgIpc) is 3.60. The van der Waals surface area contributed by atoms with Gasteiger partial charge in [0, 0.05) is 22.6 Å². The van der Waals surface area contributed by atoms with E-state index in [1.807, 2.05) is 0 Å². The monoisotopic (exact) mass is 833 g/mol. The fraction of sp³-hybridized carbons (Fsp3) is 0.400. The van der Waals surface area contributed by atoms with Crippen molar-refractivity contribution in [1.29, 1.82) is 0 Å². The Morgan fingerprint density at radius 2 is 1.85 bits per heavy atom. The lowest BCUT2D eigenvalue weighted by atomic mass is 9.81. The minimum Gasteiger partial charge on any atom is -0.479 e. The lowest BCUT2D eigenvalue weighted by Crippen LogP contribution is -2.61. The van der Waals surface area contributed by atoms with E-state index in [1.165, 1.54) is 28.8 Å². The molecular formula is C40H40FN5O14. The smallest absolute Gasteiger partial charge is 0.407 e. The molecule has 0 bridgehead atoms. The zero-order chi connectivity index (χ0) is 42.9. The number of carbonyl (C=O) groups is 4. The molecule has 2 amide bonds. The van der Waals surface area contributed by atoms with Crippen LogP contribution in [0.2, 0.25) is 0 Å². The maximum Gasteiger partial charge on any atom is 0.407 e. The van der Waals surface area contributed by atoms with E-state index >= 15 is 4.39 Å². The van der Waals surface area contributed by atoms with Crippen LogP contribution in [0.1, 0.15) is 64.8 Å². The number of nitrogens with two attached hydrogens (primary N) is 1. The quantitative estimate of drug-likeness (QED) is 0.0944. The third-order valence-corrected chi connectivity index (χ3v) is 11.6. The number of pyridine rings is 2. The highest BCUT2D eigenvalue weighted by Gasteiger charge is 2.49. The predicted molar refractivity (Wildman–Crippen MR) is 203 cm³/mol. The van der Waals surface area contributed by atoms with Gasteiger partial charge in [-0.15, -0.1) is 0 Å². The Morgan fingerprint density at radius 3 is 2.57 bits per heavy atom. The number of ether oxygens (including phenoxy) is 4. The number of aliphatic hydroxyl groups excluding tert-OH is 3. The number of esters is 1. The normalized spacial score (nSPS) is 25.1. The first kappa shape index (κ1) is 40.7. The number of benzene rings is 2. The number of alkyl carbamates (subject to hydrolysis) is 1. The average molecular weight is 834 g/mol. The van der Waals surface area contributed by atoms with E-state index in [2.05, 4.69) is 10.6 Å². The van der Waals surface area contributed by atoms with Gasteiger partial charge in [-0.2, -0.15) is 0 Å². The highest BCUT2D eigenvalue weighted by atomic mass is 19.1. The molecule has 0 spiro atoms. The van der Waals surface area contributed by atoms with Crippen LogP contribution in [-0.2, 0) is 60.4 Å². The second-order valence-corrected chi connectivity index (χ2v) is 15.1. The number of nitrogens with one attached hydrogen (secondary N) is 2. The number of aliphatic hydroxyl groups is 4. The van der Waals surface area contributed by atoms with Crippen molar-refractivity contribution in [2.75, 3.05) is 11.9 Å². The van der Waals surface area contributed by atoms with Crippen LogP contribution in [0.3, 0.4) is 0 Å². The Labute approximate surface area is 338 Å². The van der Waals surface area contributed by atoms with Crippen molar-refractivity contribution in [3.63, 3.8) is 0 Å². The summed E-state index contributed by atoms with van der Waals surface area (Å²) in [5.74, 6) is -3.80. The molecule has 316 valence electrons. The lowest BCUT2D eigenvalue weighted by Gasteiger charge is -2.38. The molecule has 0 saturated carbocycles. The van der Waals surface area contributed by atoms with Gasteiger partial charge in [0.05, 0.1) is 47.3 Å². The van der Waals surface area contributed by atoms with E-state index in [0.29, 0.717) is 57.4 Å². The molecule has 1 saturated heterocycles. The van der Waals surface area contributed by atoms with Crippen LogP contribution in [0.4, 0.5) is 14.9 Å². The fourth-order valence-corrected chi connectivity index (χ4v) is 8.37. The van der Waals surface area contributed by atoms with Gasteiger partial charge in [0.2, 0.25) is 12.2 Å². The molecule has 2 aromatic carbocycles. The van der Waals surface area contributed by atoms with E-state index in [4.69, 9.17) is 29.7 Å². The Bertz CT molecular complexity index is 2560. The highest BCUT2D eigenvalue weighted by molar-refractivity contribution is 5.94. The lowest BCUT2D eigenvalue weighted by molar-refractivity contribution is -0.271. The third-order valence-electron chi connectivity index (χ3n) is 11.6. The SMILES string of the molecule is CC[C@@]1(O)C(=O)OCc2c1cc1n(c2=O)Cc2c-1nc1cc(F)c(C)c3c1c2[C@@H](NC(=O)OCc1ccc(O[C@@H]2O[C@H](C(=O)O)[C@@H](O)[C@H](O)[C@H]2O)c(NC(=O)CN)c1)CC3. The van der Waals surface area contributed by atoms with E-state index < -0.39 is 84.2 Å². The van der Waals surface area contributed by atoms with Crippen molar-refractivity contribution < 1.29 is 68.0 Å². The first-order chi connectivity index (χ1) is 28.6. The Hall–Kier alpha value is -6.03. The molecule has 7 atom stereocenters. The number of aryl methyl sites for hydroxylation is 1. The van der Waals surface area contributed by atoms with E-state index in [0.717, 1.165) is 0 Å². The van der Waals surface area contributed by atoms with Gasteiger partial charge >= 0.3 is 18.0 Å². The Kier molecular flexibility index (Phi) is 10.3. The van der Waals surface area contributed by atoms with Gasteiger partial charge in [0.15, 0.2) is 11.7 Å². The molecule has 9 N–H and O–H groups in total. The number of hydrogen-bond donors (Lipinski definition) is 8. The van der Waals surface area contributed by atoms with Crippen LogP contribution in [0, 0.1) is 12.7 Å². The fourth-order valence-electron chi connectivity index (χ4n) is 8.37. The van der Waals surface area contributed by atoms with Crippen molar-refractivity contribution >= 4 is 40.5 Å². The van der Waals surface area contributed by atoms with Gasteiger partial charge in [0.1, 0.15) is 43.1 Å². The number of rotatable bonds is 9. The van der Waals surface area contributed by atoms with Gasteiger partial charge in [-0.3, -0.25) is 9.59 Å². The van der Waals surface area contributed by atoms with E-state index in [9.17, 15) is 49.5 Å². The number of carbonyl (C=O) groups excluding carboxylic acids is 3. The van der Waals surface area contributed by atoms with Crippen LogP contribution in [0.25, 0.3) is 22.3 Å². The summed E-state index contributed by atoms with van der Waals surface area (Å²) in [5, 5.41) is 57.5. The number of amides is 2. The summed E-state index contributed by atoms with van der Waals surface area (Å²) in [6, 6.07) is 6.26. The van der Waals surface area contributed by atoms with E-state index in [1.54, 1.807) is 19.9 Å². The number of halogens is 1. The molecule has 60 heavy (non-hydrogen) atoms. The molecule has 3 aliphatic heterocycles. The summed E-state index contributed by atoms with van der Waals surface area (Å²) in [4.78, 5) is 68.9. The molecule has 4 aliphatic rings. The molecule has 0 unspecified atom stereocenters. The van der Waals surface area contributed by atoms with Gasteiger partial charge < -0.3 is 65.4 Å². The molecule has 19 nitrogen and oxygen atoms in total. The number of aliphatic carboxylic acids is 1. The molecule has 5 heterocycles. The highest BCUT2D eigenvalue weighted by Crippen LogP contribution is 2.46. The molecule has 8 rings (SSSR count). The second-order valence-electron chi connectivity index (χ2n) is 15.1. The molecule has 1 fully saturated rings. The van der Waals surface area contributed by atoms with Gasteiger partial charge in [0.25, 0.3) is 5.56 Å². The van der Waals surface area contributed by atoms with Crippen molar-refractivity contribution in [3.8, 4) is 17.1 Å². The summed E-state index contributed by atoms with van der Waals surface area (Å²) >= 11 is 0. The predicted octanol–water partition coefficient (Wildman–Crippen LogP) is 0.609. The number of carboxylic acids is 1. The molecular weight excluding hydrogens is 793 g/mol. The summed E-state index contributed by atoms with van der Waals surface area (Å²) < 4.78 is 38.4. The Balaban J connectivity index is 1.08. The number of nitrogens with zero attached hydrogens (tertiary/aromatic N) is 2. The maximum atomic E-state index is 15.3. The molecule has 1 aliphatic carbocycles. The third kappa shape index (κ3) is 6.61. The second kappa shape index (κ2) is 15.2. The first-order valence-corrected chi connectivity index (χ1v) is 19.0. The minimum absolute atomic E-state index is 0.0296. The number of hydrogen-bond acceptors (Lipinski definition) is 15. The van der Waals surface area contributed by atoms with Crippen LogP contribution in [-0.4, -0.2) is 96.3 Å². The number of aromatic nitrogens is 2. The summed E-state index contributed by atoms with van der Waals surface area (Å²) in [6.07, 6.45) is -9.74. The molecule has 0 radical (unpaired) electrons. The topological polar surface area (TPSA) is 291 Å². The van der Waals surface area contributed by atoms with Gasteiger partial charge in [-0.25, -0.2) is 23.8 Å². The minimum atomic E-state index is -2.06. The van der Waals surface area contributed by atoms with Gasteiger partial charge in [-0.05, 0) is 66.6 Å². The Morgan fingerprint density at radius 1 is 1.08 bits per heavy atom. The zero-order valence-corrected chi connectivity index (χ0v) is 32.1. The zero-order valence-electron chi connectivity index (χ0n) is 32.1. The van der Waals surface area contributed by atoms with Crippen molar-refractivity contribution in [2.45, 2.75) is 95.2 Å². The molecule has 2 aromatic heterocycles. The molecule has 20 heteroatoms. The number of anilines is 1. The summed E-state index contributed by atoms with van der Waals surface area (Å²) in [7, 11) is 0.